The van der Waals surface area contributed by atoms with Crippen LogP contribution in [0.4, 0.5) is 0 Å². The molecule has 6 nitrogen and oxygen atoms in total. The summed E-state index contributed by atoms with van der Waals surface area (Å²) in [6.45, 7) is 0.534. The molecule has 4 rings (SSSR count). The SMILES string of the molecule is O=C(NCc1ccc2c(c1)OCO2)c1coc(-c2ccc(Cl)c(Cl)c2)n1. The molecule has 2 aromatic carbocycles. The summed E-state index contributed by atoms with van der Waals surface area (Å²) >= 11 is 11.9. The third-order valence-electron chi connectivity index (χ3n) is 3.79. The van der Waals surface area contributed by atoms with Crippen molar-refractivity contribution < 1.29 is 18.7 Å². The lowest BCUT2D eigenvalue weighted by Gasteiger charge is -2.04. The van der Waals surface area contributed by atoms with E-state index in [0.29, 0.717) is 33.7 Å². The highest BCUT2D eigenvalue weighted by Crippen LogP contribution is 2.32. The third kappa shape index (κ3) is 3.34. The molecule has 0 radical (unpaired) electrons. The Kier molecular flexibility index (Phi) is 4.44. The number of rotatable bonds is 4. The van der Waals surface area contributed by atoms with Crippen molar-refractivity contribution in [2.24, 2.45) is 0 Å². The van der Waals surface area contributed by atoms with Gasteiger partial charge in [0.05, 0.1) is 10.0 Å². The second-order valence-corrected chi connectivity index (χ2v) is 6.35. The summed E-state index contributed by atoms with van der Waals surface area (Å²) in [5.41, 5.74) is 1.69. The van der Waals surface area contributed by atoms with Gasteiger partial charge in [0.2, 0.25) is 12.7 Å². The molecule has 2 heterocycles. The van der Waals surface area contributed by atoms with Gasteiger partial charge in [-0.2, -0.15) is 0 Å². The van der Waals surface area contributed by atoms with Crippen molar-refractivity contribution in [1.82, 2.24) is 10.3 Å². The Morgan fingerprint density at radius 2 is 1.92 bits per heavy atom. The van der Waals surface area contributed by atoms with Crippen LogP contribution in [0, 0.1) is 0 Å². The smallest absolute Gasteiger partial charge is 0.273 e. The van der Waals surface area contributed by atoms with E-state index in [-0.39, 0.29) is 24.3 Å². The molecule has 3 aromatic rings. The van der Waals surface area contributed by atoms with Crippen molar-refractivity contribution in [3.63, 3.8) is 0 Å². The zero-order chi connectivity index (χ0) is 18.1. The quantitative estimate of drug-likeness (QED) is 0.718. The maximum Gasteiger partial charge on any atom is 0.273 e. The Labute approximate surface area is 158 Å². The van der Waals surface area contributed by atoms with Gasteiger partial charge in [-0.3, -0.25) is 4.79 Å². The van der Waals surface area contributed by atoms with Crippen LogP contribution in [0.2, 0.25) is 10.0 Å². The molecule has 1 aliphatic heterocycles. The molecule has 0 spiro atoms. The number of ether oxygens (including phenoxy) is 2. The second-order valence-electron chi connectivity index (χ2n) is 5.54. The van der Waals surface area contributed by atoms with Crippen LogP contribution in [0.3, 0.4) is 0 Å². The standard InChI is InChI=1S/C18H12Cl2N2O4/c19-12-3-2-11(6-13(12)20)18-22-14(8-24-18)17(23)21-7-10-1-4-15-16(5-10)26-9-25-15/h1-6,8H,7,9H2,(H,21,23). The van der Waals surface area contributed by atoms with Gasteiger partial charge in [0.1, 0.15) is 6.26 Å². The summed E-state index contributed by atoms with van der Waals surface area (Å²) in [7, 11) is 0. The number of hydrogen-bond donors (Lipinski definition) is 1. The maximum absolute atomic E-state index is 12.3. The van der Waals surface area contributed by atoms with Crippen LogP contribution in [0.1, 0.15) is 16.1 Å². The highest BCUT2D eigenvalue weighted by molar-refractivity contribution is 6.42. The fourth-order valence-corrected chi connectivity index (χ4v) is 2.76. The second kappa shape index (κ2) is 6.90. The Hall–Kier alpha value is -2.70. The molecule has 0 atom stereocenters. The lowest BCUT2D eigenvalue weighted by molar-refractivity contribution is 0.0946. The van der Waals surface area contributed by atoms with Gasteiger partial charge in [0, 0.05) is 12.1 Å². The molecule has 0 saturated heterocycles. The van der Waals surface area contributed by atoms with Crippen molar-refractivity contribution in [1.29, 1.82) is 0 Å². The van der Waals surface area contributed by atoms with E-state index in [1.807, 2.05) is 18.2 Å². The number of hydrogen-bond acceptors (Lipinski definition) is 5. The van der Waals surface area contributed by atoms with E-state index in [1.165, 1.54) is 6.26 Å². The first-order valence-corrected chi connectivity index (χ1v) is 8.43. The van der Waals surface area contributed by atoms with Gasteiger partial charge < -0.3 is 19.2 Å². The van der Waals surface area contributed by atoms with E-state index in [0.717, 1.165) is 5.56 Å². The van der Waals surface area contributed by atoms with Gasteiger partial charge in [-0.15, -0.1) is 0 Å². The summed E-state index contributed by atoms with van der Waals surface area (Å²) in [6, 6.07) is 10.5. The number of nitrogens with one attached hydrogen (secondary N) is 1. The van der Waals surface area contributed by atoms with Crippen molar-refractivity contribution in [3.05, 3.63) is 64.0 Å². The van der Waals surface area contributed by atoms with E-state index in [4.69, 9.17) is 37.1 Å². The van der Waals surface area contributed by atoms with E-state index in [9.17, 15) is 4.79 Å². The van der Waals surface area contributed by atoms with Crippen molar-refractivity contribution in [2.75, 3.05) is 6.79 Å². The number of amides is 1. The Balaban J connectivity index is 1.44. The lowest BCUT2D eigenvalue weighted by atomic mass is 10.2. The summed E-state index contributed by atoms with van der Waals surface area (Å²) in [6.07, 6.45) is 1.30. The van der Waals surface area contributed by atoms with E-state index < -0.39 is 0 Å². The molecule has 0 saturated carbocycles. The zero-order valence-corrected chi connectivity index (χ0v) is 14.8. The van der Waals surface area contributed by atoms with Crippen LogP contribution >= 0.6 is 23.2 Å². The lowest BCUT2D eigenvalue weighted by Crippen LogP contribution is -2.23. The maximum atomic E-state index is 12.3. The molecule has 1 aliphatic rings. The highest BCUT2D eigenvalue weighted by Gasteiger charge is 2.16. The molecule has 1 N–H and O–H groups in total. The molecule has 0 aliphatic carbocycles. The van der Waals surface area contributed by atoms with E-state index >= 15 is 0 Å². The number of benzene rings is 2. The number of aromatic nitrogens is 1. The third-order valence-corrected chi connectivity index (χ3v) is 4.53. The first-order valence-electron chi connectivity index (χ1n) is 7.68. The highest BCUT2D eigenvalue weighted by atomic mass is 35.5. The van der Waals surface area contributed by atoms with Crippen molar-refractivity contribution >= 4 is 29.1 Å². The topological polar surface area (TPSA) is 73.6 Å². The molecule has 26 heavy (non-hydrogen) atoms. The number of carbonyl (C=O) groups excluding carboxylic acids is 1. The van der Waals surface area contributed by atoms with Crippen molar-refractivity contribution in [2.45, 2.75) is 6.54 Å². The minimum atomic E-state index is -0.349. The first kappa shape index (κ1) is 16.8. The number of fused-ring (bicyclic) bond motifs is 1. The molecule has 0 fully saturated rings. The Morgan fingerprint density at radius 3 is 2.77 bits per heavy atom. The molecule has 1 amide bonds. The van der Waals surface area contributed by atoms with Crippen molar-refractivity contribution in [3.8, 4) is 23.0 Å². The fraction of sp³-hybridized carbons (Fsp3) is 0.111. The van der Waals surface area contributed by atoms with Gasteiger partial charge in [-0.05, 0) is 35.9 Å². The van der Waals surface area contributed by atoms with Gasteiger partial charge in [-0.25, -0.2) is 4.98 Å². The zero-order valence-electron chi connectivity index (χ0n) is 13.3. The van der Waals surface area contributed by atoms with Crippen LogP contribution in [0.15, 0.2) is 47.1 Å². The largest absolute Gasteiger partial charge is 0.454 e. The van der Waals surface area contributed by atoms with Crippen LogP contribution in [0.25, 0.3) is 11.5 Å². The number of oxazole rings is 1. The van der Waals surface area contributed by atoms with E-state index in [1.54, 1.807) is 18.2 Å². The van der Waals surface area contributed by atoms with Gasteiger partial charge in [-0.1, -0.05) is 29.3 Å². The predicted molar refractivity (Wildman–Crippen MR) is 95.7 cm³/mol. The minimum Gasteiger partial charge on any atom is -0.454 e. The average Bonchev–Trinajstić information content (AvgIpc) is 3.30. The van der Waals surface area contributed by atoms with Gasteiger partial charge in [0.15, 0.2) is 17.2 Å². The minimum absolute atomic E-state index is 0.173. The summed E-state index contributed by atoms with van der Waals surface area (Å²) in [4.78, 5) is 16.5. The van der Waals surface area contributed by atoms with Crippen LogP contribution in [-0.4, -0.2) is 17.7 Å². The Bertz CT molecular complexity index is 987. The molecule has 0 bridgehead atoms. The van der Waals surface area contributed by atoms with E-state index in [2.05, 4.69) is 10.3 Å². The summed E-state index contributed by atoms with van der Waals surface area (Å²) in [5, 5.41) is 3.61. The van der Waals surface area contributed by atoms with Crippen LogP contribution in [0.5, 0.6) is 11.5 Å². The van der Waals surface area contributed by atoms with Gasteiger partial charge >= 0.3 is 0 Å². The molecular weight excluding hydrogens is 379 g/mol. The monoisotopic (exact) mass is 390 g/mol. The molecule has 1 aromatic heterocycles. The predicted octanol–water partition coefficient (Wildman–Crippen LogP) is 4.31. The first-order chi connectivity index (χ1) is 12.6. The number of halogens is 2. The molecule has 132 valence electrons. The summed E-state index contributed by atoms with van der Waals surface area (Å²) in [5.74, 6) is 1.30. The molecule has 8 heteroatoms. The van der Waals surface area contributed by atoms with Crippen LogP contribution in [-0.2, 0) is 6.54 Å². The normalized spacial score (nSPS) is 12.2. The molecule has 0 unspecified atom stereocenters. The molecular formula is C18H12Cl2N2O4. The number of carbonyl (C=O) groups is 1. The summed E-state index contributed by atoms with van der Waals surface area (Å²) < 4.78 is 15.9. The van der Waals surface area contributed by atoms with Crippen LogP contribution < -0.4 is 14.8 Å². The fourth-order valence-electron chi connectivity index (χ4n) is 2.46. The Morgan fingerprint density at radius 1 is 1.08 bits per heavy atom. The average molecular weight is 391 g/mol. The number of nitrogens with zero attached hydrogens (tertiary/aromatic N) is 1. The van der Waals surface area contributed by atoms with Gasteiger partial charge in [0.25, 0.3) is 5.91 Å².